The third-order valence-electron chi connectivity index (χ3n) is 4.13. The molecule has 6 nitrogen and oxygen atoms in total. The lowest BCUT2D eigenvalue weighted by Gasteiger charge is -2.13. The number of aromatic hydroxyl groups is 1. The zero-order valence-corrected chi connectivity index (χ0v) is 12.8. The van der Waals surface area contributed by atoms with E-state index in [9.17, 15) is 15.0 Å². The number of nitriles is 1. The van der Waals surface area contributed by atoms with Gasteiger partial charge in [0, 0.05) is 6.54 Å². The van der Waals surface area contributed by atoms with Gasteiger partial charge in [-0.2, -0.15) is 5.26 Å². The van der Waals surface area contributed by atoms with Gasteiger partial charge in [-0.15, -0.1) is 0 Å². The summed E-state index contributed by atoms with van der Waals surface area (Å²) in [4.78, 5) is 12.5. The second-order valence-corrected chi connectivity index (χ2v) is 5.80. The van der Waals surface area contributed by atoms with Crippen LogP contribution in [0.3, 0.4) is 0 Å². The highest BCUT2D eigenvalue weighted by molar-refractivity contribution is 6.32. The maximum atomic E-state index is 12.5. The van der Waals surface area contributed by atoms with Crippen LogP contribution in [0.2, 0.25) is 5.02 Å². The highest BCUT2D eigenvalue weighted by Gasteiger charge is 2.31. The number of aromatic nitrogens is 2. The molecule has 2 N–H and O–H groups in total. The first-order valence-electron chi connectivity index (χ1n) is 6.81. The SMILES string of the molecule is Cc1cc(-n2c(O)c3n(c2=O)CC[C@H]3O)c(C)c(Cl)c1C#N. The molecule has 0 radical (unpaired) electrons. The monoisotopic (exact) mass is 319 g/mol. The van der Waals surface area contributed by atoms with Crippen molar-refractivity contribution in [3.05, 3.63) is 44.0 Å². The Kier molecular flexibility index (Phi) is 3.28. The number of aliphatic hydroxyl groups is 1. The molecule has 0 amide bonds. The molecule has 0 fully saturated rings. The number of aryl methyl sites for hydroxylation is 1. The number of imidazole rings is 1. The Bertz CT molecular complexity index is 889. The number of benzene rings is 1. The van der Waals surface area contributed by atoms with Crippen LogP contribution < -0.4 is 5.69 Å². The first-order chi connectivity index (χ1) is 10.4. The summed E-state index contributed by atoms with van der Waals surface area (Å²) in [5, 5.41) is 29.7. The average Bonchev–Trinajstić information content (AvgIpc) is 2.96. The number of hydrogen-bond donors (Lipinski definition) is 2. The molecule has 1 atom stereocenters. The second kappa shape index (κ2) is 4.90. The molecule has 0 aliphatic carbocycles. The number of hydrogen-bond acceptors (Lipinski definition) is 4. The van der Waals surface area contributed by atoms with Crippen molar-refractivity contribution in [2.45, 2.75) is 32.9 Å². The topological polar surface area (TPSA) is 91.2 Å². The minimum atomic E-state index is -0.857. The summed E-state index contributed by atoms with van der Waals surface area (Å²) in [7, 11) is 0. The molecular formula is C15H14ClN3O3. The fraction of sp³-hybridized carbons (Fsp3) is 0.333. The molecule has 2 aromatic rings. The first kappa shape index (κ1) is 14.7. The maximum Gasteiger partial charge on any atom is 0.336 e. The van der Waals surface area contributed by atoms with Gasteiger partial charge in [-0.1, -0.05) is 11.6 Å². The minimum Gasteiger partial charge on any atom is -0.493 e. The van der Waals surface area contributed by atoms with Crippen molar-refractivity contribution >= 4 is 11.6 Å². The fourth-order valence-electron chi connectivity index (χ4n) is 2.93. The first-order valence-corrected chi connectivity index (χ1v) is 7.19. The van der Waals surface area contributed by atoms with Gasteiger partial charge < -0.3 is 10.2 Å². The minimum absolute atomic E-state index is 0.225. The standard InChI is InChI=1S/C15H14ClN3O3/c1-7-5-10(8(2)12(16)9(7)6-17)19-14(21)13-11(20)3-4-18(13)15(19)22/h5,11,20-21H,3-4H2,1-2H3/t11-/m1/s1. The Morgan fingerprint density at radius 2 is 2.14 bits per heavy atom. The summed E-state index contributed by atoms with van der Waals surface area (Å²) in [5.41, 5.74) is 1.71. The van der Waals surface area contributed by atoms with E-state index in [4.69, 9.17) is 16.9 Å². The number of halogens is 1. The van der Waals surface area contributed by atoms with E-state index >= 15 is 0 Å². The van der Waals surface area contributed by atoms with Crippen LogP contribution in [0.15, 0.2) is 10.9 Å². The van der Waals surface area contributed by atoms with E-state index < -0.39 is 11.8 Å². The number of fused-ring (bicyclic) bond motifs is 1. The van der Waals surface area contributed by atoms with E-state index in [0.717, 1.165) is 4.57 Å². The van der Waals surface area contributed by atoms with Gasteiger partial charge in [0.15, 0.2) is 0 Å². The van der Waals surface area contributed by atoms with Crippen LogP contribution in [0.1, 0.15) is 34.9 Å². The molecule has 22 heavy (non-hydrogen) atoms. The van der Waals surface area contributed by atoms with Gasteiger partial charge in [0.25, 0.3) is 0 Å². The van der Waals surface area contributed by atoms with Crippen LogP contribution in [0.25, 0.3) is 5.69 Å². The lowest BCUT2D eigenvalue weighted by atomic mass is 10.0. The van der Waals surface area contributed by atoms with Gasteiger partial charge in [0.1, 0.15) is 17.9 Å². The van der Waals surface area contributed by atoms with E-state index in [0.29, 0.717) is 35.3 Å². The smallest absolute Gasteiger partial charge is 0.336 e. The average molecular weight is 320 g/mol. The third kappa shape index (κ3) is 1.79. The van der Waals surface area contributed by atoms with Gasteiger partial charge in [-0.25, -0.2) is 9.36 Å². The van der Waals surface area contributed by atoms with E-state index in [-0.39, 0.29) is 16.6 Å². The van der Waals surface area contributed by atoms with Crippen LogP contribution in [0.4, 0.5) is 0 Å². The molecule has 1 aliphatic heterocycles. The van der Waals surface area contributed by atoms with Gasteiger partial charge in [0.2, 0.25) is 5.88 Å². The lowest BCUT2D eigenvalue weighted by molar-refractivity contribution is 0.175. The number of nitrogens with zero attached hydrogens (tertiary/aromatic N) is 3. The van der Waals surface area contributed by atoms with E-state index in [1.165, 1.54) is 4.57 Å². The Hall–Kier alpha value is -2.23. The maximum absolute atomic E-state index is 12.5. The zero-order chi connectivity index (χ0) is 16.2. The van der Waals surface area contributed by atoms with Gasteiger partial charge >= 0.3 is 5.69 Å². The molecule has 0 saturated heterocycles. The Labute approximate surface area is 131 Å². The predicted molar refractivity (Wildman–Crippen MR) is 80.5 cm³/mol. The Balaban J connectivity index is 2.34. The van der Waals surface area contributed by atoms with E-state index in [1.807, 2.05) is 6.07 Å². The van der Waals surface area contributed by atoms with Crippen molar-refractivity contribution in [2.75, 3.05) is 0 Å². The number of aliphatic hydroxyl groups excluding tert-OH is 1. The van der Waals surface area contributed by atoms with E-state index in [1.54, 1.807) is 19.9 Å². The fourth-order valence-corrected chi connectivity index (χ4v) is 3.22. The van der Waals surface area contributed by atoms with Crippen LogP contribution in [0.5, 0.6) is 5.88 Å². The van der Waals surface area contributed by atoms with E-state index in [2.05, 4.69) is 0 Å². The van der Waals surface area contributed by atoms with Gasteiger partial charge in [-0.3, -0.25) is 4.57 Å². The lowest BCUT2D eigenvalue weighted by Crippen LogP contribution is -2.23. The quantitative estimate of drug-likeness (QED) is 0.840. The molecule has 1 aromatic carbocycles. The zero-order valence-electron chi connectivity index (χ0n) is 12.1. The van der Waals surface area contributed by atoms with Crippen molar-refractivity contribution in [1.29, 1.82) is 5.26 Å². The highest BCUT2D eigenvalue weighted by atomic mass is 35.5. The van der Waals surface area contributed by atoms with Crippen LogP contribution in [-0.2, 0) is 6.54 Å². The summed E-state index contributed by atoms with van der Waals surface area (Å²) in [5.74, 6) is -0.279. The molecule has 0 bridgehead atoms. The van der Waals surface area contributed by atoms with Gasteiger partial charge in [0.05, 0.1) is 16.3 Å². The predicted octanol–water partition coefficient (Wildman–Crippen LogP) is 1.92. The van der Waals surface area contributed by atoms with Crippen LogP contribution >= 0.6 is 11.6 Å². The summed E-state index contributed by atoms with van der Waals surface area (Å²) in [6, 6.07) is 3.67. The molecule has 0 unspecified atom stereocenters. The summed E-state index contributed by atoms with van der Waals surface area (Å²) >= 11 is 6.21. The molecule has 0 spiro atoms. The molecular weight excluding hydrogens is 306 g/mol. The molecule has 1 aliphatic rings. The molecule has 3 rings (SSSR count). The van der Waals surface area contributed by atoms with Crippen molar-refractivity contribution in [2.24, 2.45) is 0 Å². The summed E-state index contributed by atoms with van der Waals surface area (Å²) < 4.78 is 2.49. The second-order valence-electron chi connectivity index (χ2n) is 5.42. The molecule has 1 aromatic heterocycles. The van der Waals surface area contributed by atoms with Crippen molar-refractivity contribution in [1.82, 2.24) is 9.13 Å². The Morgan fingerprint density at radius 3 is 2.73 bits per heavy atom. The van der Waals surface area contributed by atoms with Crippen LogP contribution in [0, 0.1) is 25.2 Å². The normalized spacial score (nSPS) is 16.6. The largest absolute Gasteiger partial charge is 0.493 e. The van der Waals surface area contributed by atoms with Crippen molar-refractivity contribution in [3.8, 4) is 17.6 Å². The third-order valence-corrected chi connectivity index (χ3v) is 4.60. The molecule has 114 valence electrons. The van der Waals surface area contributed by atoms with Crippen molar-refractivity contribution < 1.29 is 10.2 Å². The molecule has 2 heterocycles. The van der Waals surface area contributed by atoms with Gasteiger partial charge in [-0.05, 0) is 37.5 Å². The van der Waals surface area contributed by atoms with Crippen LogP contribution in [-0.4, -0.2) is 19.3 Å². The number of rotatable bonds is 1. The van der Waals surface area contributed by atoms with Crippen molar-refractivity contribution in [3.63, 3.8) is 0 Å². The molecule has 0 saturated carbocycles. The summed E-state index contributed by atoms with van der Waals surface area (Å²) in [6.45, 7) is 3.76. The molecule has 7 heteroatoms. The highest BCUT2D eigenvalue weighted by Crippen LogP contribution is 2.36. The summed E-state index contributed by atoms with van der Waals surface area (Å²) in [6.07, 6.45) is -0.449. The Morgan fingerprint density at radius 1 is 1.45 bits per heavy atom.